The van der Waals surface area contributed by atoms with Crippen LogP contribution >= 0.6 is 0 Å². The first-order valence-corrected chi connectivity index (χ1v) is 7.97. The van der Waals surface area contributed by atoms with Crippen molar-refractivity contribution in [1.29, 1.82) is 0 Å². The van der Waals surface area contributed by atoms with E-state index in [1.165, 1.54) is 24.7 Å². The van der Waals surface area contributed by atoms with Gasteiger partial charge in [-0.25, -0.2) is 4.79 Å². The molecule has 1 N–H and O–H groups in total. The van der Waals surface area contributed by atoms with Gasteiger partial charge in [0.25, 0.3) is 0 Å². The van der Waals surface area contributed by atoms with Gasteiger partial charge >= 0.3 is 5.97 Å². The van der Waals surface area contributed by atoms with E-state index < -0.39 is 0 Å². The second-order valence-electron chi connectivity index (χ2n) is 6.46. The van der Waals surface area contributed by atoms with Crippen LogP contribution in [0.2, 0.25) is 0 Å². The molecule has 1 aliphatic rings. The molecule has 0 unspecified atom stereocenters. The molecule has 0 aliphatic heterocycles. The van der Waals surface area contributed by atoms with Gasteiger partial charge in [0.2, 0.25) is 0 Å². The number of aryl methyl sites for hydroxylation is 2. The van der Waals surface area contributed by atoms with E-state index >= 15 is 0 Å². The van der Waals surface area contributed by atoms with Crippen LogP contribution in [-0.4, -0.2) is 18.2 Å². The summed E-state index contributed by atoms with van der Waals surface area (Å²) in [6, 6.07) is 11.9. The minimum atomic E-state index is -0.310. The summed E-state index contributed by atoms with van der Waals surface area (Å²) in [6.07, 6.45) is 3.38. The summed E-state index contributed by atoms with van der Waals surface area (Å²) >= 11 is 0. The zero-order chi connectivity index (χ0) is 16.6. The van der Waals surface area contributed by atoms with Crippen molar-refractivity contribution < 1.29 is 14.6 Å². The van der Waals surface area contributed by atoms with Crippen molar-refractivity contribution in [2.75, 3.05) is 7.11 Å². The van der Waals surface area contributed by atoms with E-state index in [1.807, 2.05) is 38.1 Å². The van der Waals surface area contributed by atoms with E-state index in [0.717, 1.165) is 24.0 Å². The lowest BCUT2D eigenvalue weighted by Gasteiger charge is -2.43. The van der Waals surface area contributed by atoms with Crippen LogP contribution < -0.4 is 0 Å². The Morgan fingerprint density at radius 1 is 1.04 bits per heavy atom. The van der Waals surface area contributed by atoms with Gasteiger partial charge < -0.3 is 9.84 Å². The Labute approximate surface area is 136 Å². The average Bonchev–Trinajstić information content (AvgIpc) is 2.51. The molecule has 120 valence electrons. The maximum absolute atomic E-state index is 11.6. The number of carbonyl (C=O) groups is 1. The van der Waals surface area contributed by atoms with Gasteiger partial charge in [-0.1, -0.05) is 30.7 Å². The minimum absolute atomic E-state index is 0.00211. The molecule has 1 aliphatic carbocycles. The minimum Gasteiger partial charge on any atom is -0.507 e. The van der Waals surface area contributed by atoms with Crippen LogP contribution in [-0.2, 0) is 10.2 Å². The Balaban J connectivity index is 2.03. The third kappa shape index (κ3) is 2.50. The summed E-state index contributed by atoms with van der Waals surface area (Å²) in [5.74, 6) is 0.0693. The first kappa shape index (κ1) is 15.6. The maximum Gasteiger partial charge on any atom is 0.337 e. The molecule has 0 atom stereocenters. The standard InChI is InChI=1S/C20H22O3/c1-13-11-17(12-14(2)18(13)21)20(9-4-10-20)16-7-5-15(6-8-16)19(22)23-3/h5-8,11-12,21H,4,9-10H2,1-3H3. The van der Waals surface area contributed by atoms with Crippen molar-refractivity contribution in [2.45, 2.75) is 38.5 Å². The Bertz CT molecular complexity index is 717. The lowest BCUT2D eigenvalue weighted by molar-refractivity contribution is 0.0600. The monoisotopic (exact) mass is 310 g/mol. The average molecular weight is 310 g/mol. The van der Waals surface area contributed by atoms with E-state index in [-0.39, 0.29) is 11.4 Å². The molecule has 0 aromatic heterocycles. The van der Waals surface area contributed by atoms with Crippen molar-refractivity contribution in [3.63, 3.8) is 0 Å². The second kappa shape index (κ2) is 5.73. The number of esters is 1. The zero-order valence-corrected chi connectivity index (χ0v) is 13.8. The topological polar surface area (TPSA) is 46.5 Å². The number of phenols is 1. The maximum atomic E-state index is 11.6. The van der Waals surface area contributed by atoms with Crippen LogP contribution in [0.25, 0.3) is 0 Å². The summed E-state index contributed by atoms with van der Waals surface area (Å²) in [7, 11) is 1.39. The molecule has 0 spiro atoms. The summed E-state index contributed by atoms with van der Waals surface area (Å²) in [5, 5.41) is 10.0. The van der Waals surface area contributed by atoms with Crippen LogP contribution in [0.15, 0.2) is 36.4 Å². The lowest BCUT2D eigenvalue weighted by atomic mass is 9.60. The number of aromatic hydroxyl groups is 1. The van der Waals surface area contributed by atoms with Gasteiger partial charge in [0.1, 0.15) is 5.75 Å². The van der Waals surface area contributed by atoms with Gasteiger partial charge in [0.05, 0.1) is 12.7 Å². The van der Waals surface area contributed by atoms with Gasteiger partial charge in [-0.2, -0.15) is 0 Å². The van der Waals surface area contributed by atoms with Gasteiger partial charge in [-0.3, -0.25) is 0 Å². The molecule has 0 heterocycles. The van der Waals surface area contributed by atoms with Crippen molar-refractivity contribution in [1.82, 2.24) is 0 Å². The van der Waals surface area contributed by atoms with E-state index in [0.29, 0.717) is 11.3 Å². The van der Waals surface area contributed by atoms with Gasteiger partial charge in [-0.15, -0.1) is 0 Å². The van der Waals surface area contributed by atoms with Gasteiger partial charge in [0, 0.05) is 5.41 Å². The van der Waals surface area contributed by atoms with Crippen LogP contribution in [0.1, 0.15) is 51.9 Å². The number of benzene rings is 2. The number of carbonyl (C=O) groups excluding carboxylic acids is 1. The zero-order valence-electron chi connectivity index (χ0n) is 13.8. The molecule has 0 saturated heterocycles. The fourth-order valence-corrected chi connectivity index (χ4v) is 3.55. The molecule has 3 heteroatoms. The summed E-state index contributed by atoms with van der Waals surface area (Å²) in [6.45, 7) is 3.89. The first-order valence-electron chi connectivity index (χ1n) is 7.97. The Hall–Kier alpha value is -2.29. The first-order chi connectivity index (χ1) is 11.0. The summed E-state index contributed by atoms with van der Waals surface area (Å²) < 4.78 is 4.76. The smallest absolute Gasteiger partial charge is 0.337 e. The fourth-order valence-electron chi connectivity index (χ4n) is 3.55. The molecule has 0 amide bonds. The summed E-state index contributed by atoms with van der Waals surface area (Å²) in [4.78, 5) is 11.6. The molecular formula is C20H22O3. The molecule has 2 aromatic carbocycles. The number of methoxy groups -OCH3 is 1. The second-order valence-corrected chi connectivity index (χ2v) is 6.46. The predicted molar refractivity (Wildman–Crippen MR) is 90.0 cm³/mol. The molecule has 0 bridgehead atoms. The lowest BCUT2D eigenvalue weighted by Crippen LogP contribution is -2.35. The Kier molecular flexibility index (Phi) is 3.88. The number of hydrogen-bond donors (Lipinski definition) is 1. The highest BCUT2D eigenvalue weighted by molar-refractivity contribution is 5.89. The van der Waals surface area contributed by atoms with Crippen molar-refractivity contribution in [3.05, 3.63) is 64.2 Å². The highest BCUT2D eigenvalue weighted by atomic mass is 16.5. The molecule has 3 rings (SSSR count). The van der Waals surface area contributed by atoms with Crippen LogP contribution in [0.4, 0.5) is 0 Å². The normalized spacial score (nSPS) is 15.8. The predicted octanol–water partition coefficient (Wildman–Crippen LogP) is 4.27. The van der Waals surface area contributed by atoms with E-state index in [2.05, 4.69) is 12.1 Å². The third-order valence-corrected chi connectivity index (χ3v) is 5.11. The number of ether oxygens (including phenoxy) is 1. The highest BCUT2D eigenvalue weighted by Gasteiger charge is 2.40. The van der Waals surface area contributed by atoms with Gasteiger partial charge in [0.15, 0.2) is 0 Å². The van der Waals surface area contributed by atoms with E-state index in [4.69, 9.17) is 4.74 Å². The molecule has 23 heavy (non-hydrogen) atoms. The van der Waals surface area contributed by atoms with Crippen molar-refractivity contribution in [2.24, 2.45) is 0 Å². The van der Waals surface area contributed by atoms with Crippen LogP contribution in [0.5, 0.6) is 5.75 Å². The quantitative estimate of drug-likeness (QED) is 0.861. The molecule has 2 aromatic rings. The van der Waals surface area contributed by atoms with Crippen molar-refractivity contribution in [3.8, 4) is 5.75 Å². The van der Waals surface area contributed by atoms with Gasteiger partial charge in [-0.05, 0) is 61.1 Å². The van der Waals surface area contributed by atoms with Crippen LogP contribution in [0, 0.1) is 13.8 Å². The number of phenolic OH excluding ortho intramolecular Hbond substituents is 1. The molecule has 1 saturated carbocycles. The fraction of sp³-hybridized carbons (Fsp3) is 0.350. The van der Waals surface area contributed by atoms with Crippen molar-refractivity contribution >= 4 is 5.97 Å². The Morgan fingerprint density at radius 2 is 1.61 bits per heavy atom. The SMILES string of the molecule is COC(=O)c1ccc(C2(c3cc(C)c(O)c(C)c3)CCC2)cc1. The third-order valence-electron chi connectivity index (χ3n) is 5.11. The van der Waals surface area contributed by atoms with Crippen LogP contribution in [0.3, 0.4) is 0 Å². The van der Waals surface area contributed by atoms with E-state index in [9.17, 15) is 9.90 Å². The molecule has 1 fully saturated rings. The molecule has 3 nitrogen and oxygen atoms in total. The number of rotatable bonds is 3. The largest absolute Gasteiger partial charge is 0.507 e. The van der Waals surface area contributed by atoms with E-state index in [1.54, 1.807) is 0 Å². The molecular weight excluding hydrogens is 288 g/mol. The highest BCUT2D eigenvalue weighted by Crippen LogP contribution is 2.50. The number of hydrogen-bond acceptors (Lipinski definition) is 3. The molecule has 0 radical (unpaired) electrons. The summed E-state index contributed by atoms with van der Waals surface area (Å²) in [5.41, 5.74) is 4.87. The Morgan fingerprint density at radius 3 is 2.04 bits per heavy atom.